The van der Waals surface area contributed by atoms with Crippen LogP contribution in [0.1, 0.15) is 47.5 Å². The Morgan fingerprint density at radius 2 is 1.79 bits per heavy atom. The monoisotopic (exact) mass is 332 g/mol. The molecule has 0 spiro atoms. The Morgan fingerprint density at radius 1 is 1.17 bits per heavy atom. The van der Waals surface area contributed by atoms with E-state index in [1.807, 2.05) is 34.6 Å². The maximum absolute atomic E-state index is 12.6. The summed E-state index contributed by atoms with van der Waals surface area (Å²) in [6, 6.07) is 0. The Kier molecular flexibility index (Phi) is 3.85. The molecule has 1 saturated carbocycles. The summed E-state index contributed by atoms with van der Waals surface area (Å²) in [7, 11) is 0. The van der Waals surface area contributed by atoms with Crippen LogP contribution < -0.4 is 0 Å². The quantitative estimate of drug-likeness (QED) is 0.689. The van der Waals surface area contributed by atoms with Crippen LogP contribution in [0.3, 0.4) is 0 Å². The van der Waals surface area contributed by atoms with Crippen LogP contribution in [0.25, 0.3) is 0 Å². The molecule has 4 heteroatoms. The van der Waals surface area contributed by atoms with Gasteiger partial charge < -0.3 is 15.3 Å². The summed E-state index contributed by atoms with van der Waals surface area (Å²) < 4.78 is 0. The van der Waals surface area contributed by atoms with E-state index in [0.29, 0.717) is 24.0 Å². The molecule has 3 aliphatic carbocycles. The molecule has 4 nitrogen and oxygen atoms in total. The van der Waals surface area contributed by atoms with Crippen molar-refractivity contribution < 1.29 is 20.1 Å². The van der Waals surface area contributed by atoms with Gasteiger partial charge in [0.25, 0.3) is 0 Å². The number of Topliss-reactive ketones (excluding diaryl/α,β-unsaturated/α-hetero) is 1. The van der Waals surface area contributed by atoms with Crippen molar-refractivity contribution in [2.75, 3.05) is 0 Å². The highest BCUT2D eigenvalue weighted by molar-refractivity contribution is 6.10. The lowest BCUT2D eigenvalue weighted by atomic mass is 9.48. The van der Waals surface area contributed by atoms with Gasteiger partial charge in [-0.15, -0.1) is 0 Å². The van der Waals surface area contributed by atoms with Gasteiger partial charge in [0.15, 0.2) is 5.76 Å². The fourth-order valence-electron chi connectivity index (χ4n) is 5.51. The molecule has 0 aromatic rings. The average molecular weight is 332 g/mol. The van der Waals surface area contributed by atoms with E-state index in [2.05, 4.69) is 0 Å². The molecule has 3 N–H and O–H groups in total. The van der Waals surface area contributed by atoms with Gasteiger partial charge in [-0.2, -0.15) is 0 Å². The van der Waals surface area contributed by atoms with Crippen molar-refractivity contribution in [2.24, 2.45) is 22.7 Å². The highest BCUT2D eigenvalue weighted by Gasteiger charge is 2.57. The number of aliphatic hydroxyl groups excluding tert-OH is 3. The Balaban J connectivity index is 2.23. The molecule has 24 heavy (non-hydrogen) atoms. The third kappa shape index (κ3) is 2.31. The van der Waals surface area contributed by atoms with E-state index in [1.54, 1.807) is 12.2 Å². The second-order valence-corrected chi connectivity index (χ2v) is 8.87. The lowest BCUT2D eigenvalue weighted by Gasteiger charge is -2.57. The second-order valence-electron chi connectivity index (χ2n) is 8.87. The number of carbonyl (C=O) groups excluding carboxylic acids is 1. The molecular weight excluding hydrogens is 304 g/mol. The second kappa shape index (κ2) is 5.30. The van der Waals surface area contributed by atoms with Crippen LogP contribution in [0.15, 0.2) is 34.6 Å². The van der Waals surface area contributed by atoms with Crippen LogP contribution in [0, 0.1) is 22.7 Å². The molecule has 4 atom stereocenters. The molecule has 0 bridgehead atoms. The molecule has 3 rings (SSSR count). The minimum Gasteiger partial charge on any atom is -0.504 e. The molecule has 132 valence electrons. The average Bonchev–Trinajstić information content (AvgIpc) is 2.38. The lowest BCUT2D eigenvalue weighted by Crippen LogP contribution is -2.55. The SMILES string of the molecule is CC(C)C1=CC2=C[C@@H](O)[C@@H]3C(C)(C)C[C@@H](O)C[C@@]3(C)C2=C(O)C1=O. The van der Waals surface area contributed by atoms with Crippen LogP contribution >= 0.6 is 0 Å². The number of carbonyl (C=O) groups is 1. The smallest absolute Gasteiger partial charge is 0.223 e. The zero-order valence-corrected chi connectivity index (χ0v) is 15.1. The minimum absolute atomic E-state index is 0.00170. The number of ketones is 1. The normalized spacial score (nSPS) is 38.5. The zero-order chi connectivity index (χ0) is 18.0. The first-order valence-corrected chi connectivity index (χ1v) is 8.77. The third-order valence-corrected chi connectivity index (χ3v) is 6.15. The Bertz CT molecular complexity index is 680. The van der Waals surface area contributed by atoms with Crippen LogP contribution in [0.4, 0.5) is 0 Å². The van der Waals surface area contributed by atoms with E-state index in [4.69, 9.17) is 0 Å². The van der Waals surface area contributed by atoms with Gasteiger partial charge in [-0.3, -0.25) is 4.79 Å². The predicted octanol–water partition coefficient (Wildman–Crippen LogP) is 3.07. The highest BCUT2D eigenvalue weighted by atomic mass is 16.3. The number of hydrogen-bond donors (Lipinski definition) is 3. The Hall–Kier alpha value is -1.39. The molecule has 3 aliphatic rings. The van der Waals surface area contributed by atoms with Gasteiger partial charge in [-0.25, -0.2) is 0 Å². The third-order valence-electron chi connectivity index (χ3n) is 6.15. The fourth-order valence-corrected chi connectivity index (χ4v) is 5.51. The zero-order valence-electron chi connectivity index (χ0n) is 15.1. The molecule has 0 aromatic heterocycles. The Labute approximate surface area is 143 Å². The first-order chi connectivity index (χ1) is 11.0. The summed E-state index contributed by atoms with van der Waals surface area (Å²) in [5.74, 6) is -0.697. The summed E-state index contributed by atoms with van der Waals surface area (Å²) in [5, 5.41) is 32.0. The van der Waals surface area contributed by atoms with E-state index in [9.17, 15) is 20.1 Å². The van der Waals surface area contributed by atoms with Crippen molar-refractivity contribution in [3.8, 4) is 0 Å². The first-order valence-electron chi connectivity index (χ1n) is 8.77. The van der Waals surface area contributed by atoms with Crippen LogP contribution in [0.2, 0.25) is 0 Å². The van der Waals surface area contributed by atoms with Crippen molar-refractivity contribution in [3.05, 3.63) is 34.6 Å². The van der Waals surface area contributed by atoms with Gasteiger partial charge in [-0.05, 0) is 41.9 Å². The molecule has 0 saturated heterocycles. The molecule has 0 aromatic carbocycles. The number of allylic oxidation sites excluding steroid dienone is 4. The van der Waals surface area contributed by atoms with Gasteiger partial charge in [0.2, 0.25) is 5.78 Å². The van der Waals surface area contributed by atoms with Gasteiger partial charge in [0.1, 0.15) is 0 Å². The summed E-state index contributed by atoms with van der Waals surface area (Å²) in [4.78, 5) is 12.6. The van der Waals surface area contributed by atoms with Crippen LogP contribution in [-0.4, -0.2) is 33.3 Å². The predicted molar refractivity (Wildman–Crippen MR) is 92.3 cm³/mol. The van der Waals surface area contributed by atoms with Gasteiger partial charge in [-0.1, -0.05) is 34.6 Å². The van der Waals surface area contributed by atoms with Crippen molar-refractivity contribution in [2.45, 2.75) is 59.7 Å². The Morgan fingerprint density at radius 3 is 2.38 bits per heavy atom. The summed E-state index contributed by atoms with van der Waals surface area (Å²) >= 11 is 0. The number of aliphatic hydroxyl groups is 3. The van der Waals surface area contributed by atoms with Gasteiger partial charge in [0.05, 0.1) is 12.2 Å². The van der Waals surface area contributed by atoms with Crippen molar-refractivity contribution in [3.63, 3.8) is 0 Å². The summed E-state index contributed by atoms with van der Waals surface area (Å²) in [6.45, 7) is 9.88. The van der Waals surface area contributed by atoms with E-state index in [0.717, 1.165) is 5.57 Å². The van der Waals surface area contributed by atoms with E-state index in [1.165, 1.54) is 0 Å². The minimum atomic E-state index is -0.665. The maximum Gasteiger partial charge on any atom is 0.223 e. The lowest BCUT2D eigenvalue weighted by molar-refractivity contribution is -0.117. The summed E-state index contributed by atoms with van der Waals surface area (Å²) in [5.41, 5.74) is 0.952. The standard InChI is InChI=1S/C20H28O4/c1-10(2)13-6-11-7-14(22)18-19(3,4)8-12(21)9-20(18,5)15(11)17(24)16(13)23/h6-7,10,12,14,18,21-22,24H,8-9H2,1-5H3/t12-,14-,18-,20+/m1/s1. The molecule has 0 heterocycles. The van der Waals surface area contributed by atoms with Gasteiger partial charge >= 0.3 is 0 Å². The van der Waals surface area contributed by atoms with E-state index in [-0.39, 0.29) is 28.8 Å². The van der Waals surface area contributed by atoms with Crippen molar-refractivity contribution >= 4 is 5.78 Å². The van der Waals surface area contributed by atoms with E-state index >= 15 is 0 Å². The van der Waals surface area contributed by atoms with Crippen molar-refractivity contribution in [1.29, 1.82) is 0 Å². The molecule has 0 radical (unpaired) electrons. The molecule has 0 aliphatic heterocycles. The number of rotatable bonds is 1. The topological polar surface area (TPSA) is 77.8 Å². The van der Waals surface area contributed by atoms with Gasteiger partial charge in [0, 0.05) is 22.5 Å². The largest absolute Gasteiger partial charge is 0.504 e. The number of fused-ring (bicyclic) bond motifs is 3. The molecule has 0 amide bonds. The first kappa shape index (κ1) is 17.4. The van der Waals surface area contributed by atoms with Crippen LogP contribution in [-0.2, 0) is 4.79 Å². The maximum atomic E-state index is 12.6. The highest BCUT2D eigenvalue weighted by Crippen LogP contribution is 2.61. The fraction of sp³-hybridized carbons (Fsp3) is 0.650. The van der Waals surface area contributed by atoms with Crippen molar-refractivity contribution in [1.82, 2.24) is 0 Å². The molecule has 0 unspecified atom stereocenters. The molecular formula is C20H28O4. The molecule has 1 fully saturated rings. The van der Waals surface area contributed by atoms with E-state index < -0.39 is 17.6 Å². The van der Waals surface area contributed by atoms with Crippen LogP contribution in [0.5, 0.6) is 0 Å². The number of hydrogen-bond acceptors (Lipinski definition) is 4. The summed E-state index contributed by atoms with van der Waals surface area (Å²) in [6.07, 6.45) is 3.43.